The Morgan fingerprint density at radius 3 is 2.94 bits per heavy atom. The van der Waals surface area contributed by atoms with Crippen molar-refractivity contribution >= 4 is 12.3 Å². The quantitative estimate of drug-likeness (QED) is 0.770. The monoisotopic (exact) mass is 234 g/mol. The third-order valence-electron chi connectivity index (χ3n) is 2.61. The molecule has 1 aliphatic heterocycles. The first kappa shape index (κ1) is 11.4. The molecule has 90 valence electrons. The minimum atomic E-state index is -0.0581. The Morgan fingerprint density at radius 2 is 2.24 bits per heavy atom. The zero-order chi connectivity index (χ0) is 12.1. The van der Waals surface area contributed by atoms with Crippen LogP contribution in [0.4, 0.5) is 4.79 Å². The van der Waals surface area contributed by atoms with Gasteiger partial charge in [0.25, 0.3) is 0 Å². The molecule has 5 nitrogen and oxygen atoms in total. The number of aldehydes is 1. The van der Waals surface area contributed by atoms with E-state index in [0.29, 0.717) is 37.6 Å². The van der Waals surface area contributed by atoms with Crippen molar-refractivity contribution in [2.24, 2.45) is 0 Å². The molecule has 17 heavy (non-hydrogen) atoms. The first-order valence-corrected chi connectivity index (χ1v) is 5.51. The molecular weight excluding hydrogens is 220 g/mol. The lowest BCUT2D eigenvalue weighted by Gasteiger charge is -2.15. The molecule has 1 aliphatic rings. The second-order valence-corrected chi connectivity index (χ2v) is 3.72. The molecule has 1 N–H and O–H groups in total. The van der Waals surface area contributed by atoms with E-state index in [1.165, 1.54) is 0 Å². The fraction of sp³-hybridized carbons (Fsp3) is 0.333. The summed E-state index contributed by atoms with van der Waals surface area (Å²) in [6.45, 7) is 2.30. The van der Waals surface area contributed by atoms with Crippen molar-refractivity contribution in [3.63, 3.8) is 0 Å². The van der Waals surface area contributed by atoms with Gasteiger partial charge in [0.05, 0.1) is 12.1 Å². The summed E-state index contributed by atoms with van der Waals surface area (Å²) >= 11 is 0. The summed E-state index contributed by atoms with van der Waals surface area (Å²) in [5.74, 6) is 0.558. The average molecular weight is 234 g/mol. The molecule has 0 bridgehead atoms. The molecule has 0 saturated carbocycles. The molecule has 1 aromatic rings. The van der Waals surface area contributed by atoms with Crippen LogP contribution in [-0.2, 0) is 0 Å². The van der Waals surface area contributed by atoms with E-state index in [0.717, 1.165) is 6.29 Å². The maximum atomic E-state index is 11.2. The smallest absolute Gasteiger partial charge is 0.317 e. The average Bonchev–Trinajstić information content (AvgIpc) is 2.76. The Bertz CT molecular complexity index is 420. The van der Waals surface area contributed by atoms with Crippen LogP contribution >= 0.6 is 0 Å². The van der Waals surface area contributed by atoms with Crippen LogP contribution in [0.2, 0.25) is 0 Å². The summed E-state index contributed by atoms with van der Waals surface area (Å²) in [6, 6.07) is 6.98. The fourth-order valence-corrected chi connectivity index (χ4v) is 1.70. The van der Waals surface area contributed by atoms with Crippen molar-refractivity contribution in [2.75, 3.05) is 26.2 Å². The number of hydrogen-bond acceptors (Lipinski definition) is 3. The van der Waals surface area contributed by atoms with Crippen LogP contribution in [0.25, 0.3) is 0 Å². The van der Waals surface area contributed by atoms with E-state index in [1.807, 2.05) is 6.07 Å². The lowest BCUT2D eigenvalue weighted by atomic mass is 10.2. The Labute approximate surface area is 99.4 Å². The molecule has 0 unspecified atom stereocenters. The molecule has 1 heterocycles. The van der Waals surface area contributed by atoms with Gasteiger partial charge < -0.3 is 15.0 Å². The minimum absolute atomic E-state index is 0.0581. The van der Waals surface area contributed by atoms with Gasteiger partial charge in [-0.25, -0.2) is 4.79 Å². The highest BCUT2D eigenvalue weighted by Gasteiger charge is 2.18. The van der Waals surface area contributed by atoms with Gasteiger partial charge in [-0.05, 0) is 12.1 Å². The van der Waals surface area contributed by atoms with Crippen molar-refractivity contribution in [3.05, 3.63) is 29.8 Å². The summed E-state index contributed by atoms with van der Waals surface area (Å²) in [6.07, 6.45) is 0.762. The topological polar surface area (TPSA) is 58.6 Å². The Balaban J connectivity index is 1.85. The number of nitrogens with zero attached hydrogens (tertiary/aromatic N) is 1. The molecule has 2 amide bonds. The van der Waals surface area contributed by atoms with E-state index < -0.39 is 0 Å². The van der Waals surface area contributed by atoms with Crippen LogP contribution in [0.15, 0.2) is 24.3 Å². The van der Waals surface area contributed by atoms with Crippen molar-refractivity contribution in [1.82, 2.24) is 10.2 Å². The van der Waals surface area contributed by atoms with E-state index in [4.69, 9.17) is 4.74 Å². The van der Waals surface area contributed by atoms with Crippen LogP contribution in [0.3, 0.4) is 0 Å². The van der Waals surface area contributed by atoms with Gasteiger partial charge in [0.15, 0.2) is 6.29 Å². The van der Waals surface area contributed by atoms with Crippen molar-refractivity contribution in [3.8, 4) is 5.75 Å². The van der Waals surface area contributed by atoms with E-state index in [2.05, 4.69) is 5.32 Å². The van der Waals surface area contributed by atoms with E-state index in [-0.39, 0.29) is 6.03 Å². The van der Waals surface area contributed by atoms with Gasteiger partial charge in [-0.1, -0.05) is 12.1 Å². The molecule has 5 heteroatoms. The van der Waals surface area contributed by atoms with Gasteiger partial charge in [-0.15, -0.1) is 0 Å². The predicted molar refractivity (Wildman–Crippen MR) is 62.3 cm³/mol. The highest BCUT2D eigenvalue weighted by molar-refractivity contribution is 5.79. The molecule has 0 aliphatic carbocycles. The molecule has 2 rings (SSSR count). The SMILES string of the molecule is O=Cc1ccccc1OCCN1CCNC1=O. The van der Waals surface area contributed by atoms with Gasteiger partial charge >= 0.3 is 6.03 Å². The largest absolute Gasteiger partial charge is 0.491 e. The number of carbonyl (C=O) groups is 2. The molecule has 1 aromatic carbocycles. The molecule has 0 spiro atoms. The molecule has 0 atom stereocenters. The number of hydrogen-bond donors (Lipinski definition) is 1. The molecular formula is C12H14N2O3. The Morgan fingerprint density at radius 1 is 1.41 bits per heavy atom. The minimum Gasteiger partial charge on any atom is -0.491 e. The van der Waals surface area contributed by atoms with Crippen LogP contribution in [0.5, 0.6) is 5.75 Å². The summed E-state index contributed by atoms with van der Waals surface area (Å²) in [5.41, 5.74) is 0.526. The van der Waals surface area contributed by atoms with Crippen molar-refractivity contribution in [2.45, 2.75) is 0 Å². The van der Waals surface area contributed by atoms with Gasteiger partial charge in [0.1, 0.15) is 12.4 Å². The number of urea groups is 1. The third kappa shape index (κ3) is 2.75. The van der Waals surface area contributed by atoms with Crippen LogP contribution in [0.1, 0.15) is 10.4 Å². The van der Waals surface area contributed by atoms with Crippen LogP contribution in [-0.4, -0.2) is 43.5 Å². The van der Waals surface area contributed by atoms with Gasteiger partial charge in [-0.3, -0.25) is 4.79 Å². The fourth-order valence-electron chi connectivity index (χ4n) is 1.70. The normalized spacial score (nSPS) is 14.6. The number of nitrogens with one attached hydrogen (secondary N) is 1. The van der Waals surface area contributed by atoms with E-state index in [1.54, 1.807) is 23.1 Å². The zero-order valence-electron chi connectivity index (χ0n) is 9.39. The van der Waals surface area contributed by atoms with Crippen LogP contribution in [0, 0.1) is 0 Å². The molecule has 1 saturated heterocycles. The number of amides is 2. The number of benzene rings is 1. The lowest BCUT2D eigenvalue weighted by Crippen LogP contribution is -2.31. The van der Waals surface area contributed by atoms with E-state index >= 15 is 0 Å². The molecule has 1 fully saturated rings. The number of para-hydroxylation sites is 1. The lowest BCUT2D eigenvalue weighted by molar-refractivity contribution is 0.111. The maximum absolute atomic E-state index is 11.2. The standard InChI is InChI=1S/C12H14N2O3/c15-9-10-3-1-2-4-11(10)17-8-7-14-6-5-13-12(14)16/h1-4,9H,5-8H2,(H,13,16). The zero-order valence-corrected chi connectivity index (χ0v) is 9.39. The van der Waals surface area contributed by atoms with Crippen molar-refractivity contribution < 1.29 is 14.3 Å². The van der Waals surface area contributed by atoms with E-state index in [9.17, 15) is 9.59 Å². The summed E-state index contributed by atoms with van der Waals surface area (Å²) in [4.78, 5) is 23.7. The third-order valence-corrected chi connectivity index (χ3v) is 2.61. The maximum Gasteiger partial charge on any atom is 0.317 e. The highest BCUT2D eigenvalue weighted by atomic mass is 16.5. The second kappa shape index (κ2) is 5.34. The summed E-state index contributed by atoms with van der Waals surface area (Å²) in [7, 11) is 0. The highest BCUT2D eigenvalue weighted by Crippen LogP contribution is 2.15. The van der Waals surface area contributed by atoms with Gasteiger partial charge in [0.2, 0.25) is 0 Å². The van der Waals surface area contributed by atoms with Gasteiger partial charge in [0, 0.05) is 13.1 Å². The molecule has 0 radical (unpaired) electrons. The van der Waals surface area contributed by atoms with Crippen molar-refractivity contribution in [1.29, 1.82) is 0 Å². The number of rotatable bonds is 5. The number of ether oxygens (including phenoxy) is 1. The Hall–Kier alpha value is -2.04. The van der Waals surface area contributed by atoms with Gasteiger partial charge in [-0.2, -0.15) is 0 Å². The second-order valence-electron chi connectivity index (χ2n) is 3.72. The number of carbonyl (C=O) groups excluding carboxylic acids is 2. The summed E-state index contributed by atoms with van der Waals surface area (Å²) in [5, 5.41) is 2.72. The first-order valence-electron chi connectivity index (χ1n) is 5.51. The first-order chi connectivity index (χ1) is 8.31. The predicted octanol–water partition coefficient (Wildman–Crippen LogP) is 0.903. The van der Waals surface area contributed by atoms with Crippen LogP contribution < -0.4 is 10.1 Å². The Kier molecular flexibility index (Phi) is 3.59. The summed E-state index contributed by atoms with van der Waals surface area (Å²) < 4.78 is 5.49. The molecule has 0 aromatic heterocycles.